The molecule has 5 rings (SSSR count). The van der Waals surface area contributed by atoms with Gasteiger partial charge < -0.3 is 19.4 Å². The van der Waals surface area contributed by atoms with Crippen LogP contribution >= 0.6 is 0 Å². The highest BCUT2D eigenvalue weighted by Crippen LogP contribution is 2.31. The van der Waals surface area contributed by atoms with Crippen LogP contribution in [0.4, 0.5) is 10.5 Å². The molecule has 11 nitrogen and oxygen atoms in total. The first-order valence-electron chi connectivity index (χ1n) is 11.2. The van der Waals surface area contributed by atoms with Crippen LogP contribution in [-0.2, 0) is 4.74 Å². The Morgan fingerprint density at radius 1 is 1.20 bits per heavy atom. The summed E-state index contributed by atoms with van der Waals surface area (Å²) in [7, 11) is 0. The topological polar surface area (TPSA) is 131 Å². The van der Waals surface area contributed by atoms with Crippen LogP contribution in [0, 0.1) is 0 Å². The number of hydrogen-bond acceptors (Lipinski definition) is 7. The van der Waals surface area contributed by atoms with E-state index in [0.717, 1.165) is 5.56 Å². The molecule has 0 saturated carbocycles. The van der Waals surface area contributed by atoms with Crippen molar-refractivity contribution in [3.8, 4) is 22.7 Å². The standard InChI is InChI=1S/C24H25N7O4/c1-24(2,3)35-23(33)30-12-16(13-30)31-14-18(21(29-31)17-6-4-5-9-25-17)28-22(32)20-8-7-19(34-20)15-10-26-27-11-15/h4-11,14,16H,12-13H2,1-3H3,(H,26,27)(H,28,32). The minimum Gasteiger partial charge on any atom is -0.451 e. The van der Waals surface area contributed by atoms with Crippen molar-refractivity contribution >= 4 is 17.7 Å². The Morgan fingerprint density at radius 3 is 2.71 bits per heavy atom. The van der Waals surface area contributed by atoms with Gasteiger partial charge in [-0.3, -0.25) is 19.6 Å². The molecule has 0 aromatic carbocycles. The van der Waals surface area contributed by atoms with Crippen molar-refractivity contribution < 1.29 is 18.7 Å². The zero-order chi connectivity index (χ0) is 24.6. The highest BCUT2D eigenvalue weighted by atomic mass is 16.6. The van der Waals surface area contributed by atoms with Gasteiger partial charge in [-0.1, -0.05) is 6.07 Å². The fraction of sp³-hybridized carbons (Fsp3) is 0.292. The Labute approximate surface area is 201 Å². The molecule has 0 unspecified atom stereocenters. The van der Waals surface area contributed by atoms with E-state index in [9.17, 15) is 9.59 Å². The summed E-state index contributed by atoms with van der Waals surface area (Å²) in [6.45, 7) is 6.42. The molecule has 0 aliphatic carbocycles. The Kier molecular flexibility index (Phi) is 5.59. The van der Waals surface area contributed by atoms with Crippen molar-refractivity contribution in [2.75, 3.05) is 18.4 Å². The number of anilines is 1. The number of ether oxygens (including phenoxy) is 1. The second-order valence-electron chi connectivity index (χ2n) is 9.23. The van der Waals surface area contributed by atoms with Crippen LogP contribution in [0.1, 0.15) is 37.4 Å². The maximum atomic E-state index is 13.0. The van der Waals surface area contributed by atoms with Gasteiger partial charge in [-0.15, -0.1) is 0 Å². The summed E-state index contributed by atoms with van der Waals surface area (Å²) < 4.78 is 12.9. The molecule has 0 spiro atoms. The van der Waals surface area contributed by atoms with E-state index in [4.69, 9.17) is 9.15 Å². The Balaban J connectivity index is 1.35. The van der Waals surface area contributed by atoms with Crippen LogP contribution in [0.2, 0.25) is 0 Å². The number of H-pyrrole nitrogens is 1. The number of rotatable bonds is 5. The van der Waals surface area contributed by atoms with Crippen molar-refractivity contribution in [1.29, 1.82) is 0 Å². The number of aromatic amines is 1. The second kappa shape index (κ2) is 8.75. The van der Waals surface area contributed by atoms with Gasteiger partial charge in [0.15, 0.2) is 5.76 Å². The van der Waals surface area contributed by atoms with E-state index in [-0.39, 0.29) is 17.9 Å². The van der Waals surface area contributed by atoms with Crippen LogP contribution in [0.15, 0.2) is 59.5 Å². The number of hydrogen-bond donors (Lipinski definition) is 2. The van der Waals surface area contributed by atoms with Crippen molar-refractivity contribution in [3.63, 3.8) is 0 Å². The number of carbonyl (C=O) groups excluding carboxylic acids is 2. The Morgan fingerprint density at radius 2 is 2.03 bits per heavy atom. The minimum atomic E-state index is -0.555. The summed E-state index contributed by atoms with van der Waals surface area (Å²) in [5.41, 5.74) is 1.82. The van der Waals surface area contributed by atoms with Crippen molar-refractivity contribution in [1.82, 2.24) is 29.9 Å². The molecule has 1 aliphatic rings. The normalized spacial score (nSPS) is 14.0. The molecule has 35 heavy (non-hydrogen) atoms. The second-order valence-corrected chi connectivity index (χ2v) is 9.23. The molecule has 0 bridgehead atoms. The molecular weight excluding hydrogens is 450 g/mol. The maximum Gasteiger partial charge on any atom is 0.410 e. The molecule has 2 amide bonds. The summed E-state index contributed by atoms with van der Waals surface area (Å²) in [5, 5.41) is 14.2. The molecule has 1 saturated heterocycles. The smallest absolute Gasteiger partial charge is 0.410 e. The summed E-state index contributed by atoms with van der Waals surface area (Å²) in [6, 6.07) is 8.75. The number of pyridine rings is 1. The fourth-order valence-electron chi connectivity index (χ4n) is 3.64. The third-order valence-electron chi connectivity index (χ3n) is 5.39. The molecule has 180 valence electrons. The lowest BCUT2D eigenvalue weighted by Crippen LogP contribution is -2.52. The number of aromatic nitrogens is 5. The van der Waals surface area contributed by atoms with Gasteiger partial charge in [0.05, 0.1) is 29.2 Å². The summed E-state index contributed by atoms with van der Waals surface area (Å²) in [4.78, 5) is 31.3. The van der Waals surface area contributed by atoms with Gasteiger partial charge >= 0.3 is 6.09 Å². The summed E-state index contributed by atoms with van der Waals surface area (Å²) in [6.07, 6.45) is 6.35. The average Bonchev–Trinajstić information content (AvgIpc) is 3.53. The molecule has 0 radical (unpaired) electrons. The molecule has 5 heterocycles. The highest BCUT2D eigenvalue weighted by molar-refractivity contribution is 6.04. The number of carbonyl (C=O) groups is 2. The van der Waals surface area contributed by atoms with Crippen LogP contribution in [0.3, 0.4) is 0 Å². The number of furan rings is 1. The molecule has 4 aromatic heterocycles. The van der Waals surface area contributed by atoms with Gasteiger partial charge in [0.2, 0.25) is 0 Å². The van der Waals surface area contributed by atoms with E-state index in [1.165, 1.54) is 0 Å². The van der Waals surface area contributed by atoms with E-state index >= 15 is 0 Å². The quantitative estimate of drug-likeness (QED) is 0.446. The summed E-state index contributed by atoms with van der Waals surface area (Å²) in [5.74, 6) is 0.266. The van der Waals surface area contributed by atoms with E-state index in [0.29, 0.717) is 35.9 Å². The molecule has 11 heteroatoms. The maximum absolute atomic E-state index is 13.0. The molecule has 0 atom stereocenters. The molecule has 4 aromatic rings. The van der Waals surface area contributed by atoms with Crippen molar-refractivity contribution in [2.24, 2.45) is 0 Å². The first-order valence-corrected chi connectivity index (χ1v) is 11.2. The average molecular weight is 476 g/mol. The third-order valence-corrected chi connectivity index (χ3v) is 5.39. The monoisotopic (exact) mass is 475 g/mol. The van der Waals surface area contributed by atoms with Crippen LogP contribution in [0.5, 0.6) is 0 Å². The van der Waals surface area contributed by atoms with Crippen LogP contribution in [0.25, 0.3) is 22.7 Å². The zero-order valence-corrected chi connectivity index (χ0v) is 19.6. The van der Waals surface area contributed by atoms with Crippen molar-refractivity contribution in [3.05, 3.63) is 60.9 Å². The highest BCUT2D eigenvalue weighted by Gasteiger charge is 2.36. The SMILES string of the molecule is CC(C)(C)OC(=O)N1CC(n2cc(NC(=O)c3ccc(-c4cn[nH]c4)o3)c(-c3ccccn3)n2)C1. The largest absolute Gasteiger partial charge is 0.451 e. The number of nitrogens with zero attached hydrogens (tertiary/aromatic N) is 5. The van der Waals surface area contributed by atoms with E-state index < -0.39 is 11.5 Å². The van der Waals surface area contributed by atoms with Gasteiger partial charge in [-0.05, 0) is 45.0 Å². The predicted octanol–water partition coefficient (Wildman–Crippen LogP) is 3.97. The summed E-state index contributed by atoms with van der Waals surface area (Å²) >= 11 is 0. The Hall–Kier alpha value is -4.41. The van der Waals surface area contributed by atoms with Gasteiger partial charge in [0.1, 0.15) is 17.1 Å². The molecular formula is C24H25N7O4. The molecule has 2 N–H and O–H groups in total. The zero-order valence-electron chi connectivity index (χ0n) is 19.6. The lowest BCUT2D eigenvalue weighted by atomic mass is 10.1. The lowest BCUT2D eigenvalue weighted by Gasteiger charge is -2.39. The van der Waals surface area contributed by atoms with Gasteiger partial charge in [-0.25, -0.2) is 4.79 Å². The number of likely N-dealkylation sites (tertiary alicyclic amines) is 1. The minimum absolute atomic E-state index is 0.0491. The predicted molar refractivity (Wildman–Crippen MR) is 127 cm³/mol. The van der Waals surface area contributed by atoms with Gasteiger partial charge in [0.25, 0.3) is 5.91 Å². The first kappa shape index (κ1) is 22.4. The number of nitrogens with one attached hydrogen (secondary N) is 2. The molecule has 1 aliphatic heterocycles. The number of amides is 2. The third kappa shape index (κ3) is 4.79. The molecule has 1 fully saturated rings. The van der Waals surface area contributed by atoms with Crippen molar-refractivity contribution in [2.45, 2.75) is 32.4 Å². The van der Waals surface area contributed by atoms with E-state index in [1.807, 2.05) is 39.0 Å². The van der Waals surface area contributed by atoms with Gasteiger partial charge in [-0.2, -0.15) is 10.2 Å². The van der Waals surface area contributed by atoms with Crippen LogP contribution in [-0.4, -0.2) is 60.6 Å². The van der Waals surface area contributed by atoms with Crippen LogP contribution < -0.4 is 5.32 Å². The Bertz CT molecular complexity index is 1330. The van der Waals surface area contributed by atoms with E-state index in [1.54, 1.807) is 46.5 Å². The van der Waals surface area contributed by atoms with E-state index in [2.05, 4.69) is 25.6 Å². The first-order chi connectivity index (χ1) is 16.8. The fourth-order valence-corrected chi connectivity index (χ4v) is 3.64. The van der Waals surface area contributed by atoms with Gasteiger partial charge in [0, 0.05) is 31.7 Å². The lowest BCUT2D eigenvalue weighted by molar-refractivity contribution is -0.000352.